The average Bonchev–Trinajstić information content (AvgIpc) is 2.56. The molecular formula is C20H28FNO4. The first kappa shape index (κ1) is 20.2. The molecule has 26 heavy (non-hydrogen) atoms. The summed E-state index contributed by atoms with van der Waals surface area (Å²) >= 11 is 0. The second-order valence-corrected chi connectivity index (χ2v) is 7.70. The number of esters is 1. The standard InChI is InChI=1S/C20H28FNO4/c1-19(2,3)26-17(23)20(21)11-7-8-13-22(14-12-20)18(24)25-15-16-9-5-4-6-10-16/h4-6,9-10H,7-8,11-15H2,1-3H3. The van der Waals surface area contributed by atoms with Crippen molar-refractivity contribution in [2.45, 2.75) is 64.3 Å². The van der Waals surface area contributed by atoms with E-state index in [1.165, 1.54) is 4.90 Å². The summed E-state index contributed by atoms with van der Waals surface area (Å²) in [6.45, 7) is 5.93. The minimum absolute atomic E-state index is 0.0810. The van der Waals surface area contributed by atoms with Gasteiger partial charge < -0.3 is 14.4 Å². The number of hydrogen-bond acceptors (Lipinski definition) is 4. The summed E-state index contributed by atoms with van der Waals surface area (Å²) in [4.78, 5) is 26.0. The Kier molecular flexibility index (Phi) is 6.62. The fraction of sp³-hybridized carbons (Fsp3) is 0.600. The molecule has 1 atom stereocenters. The van der Waals surface area contributed by atoms with Crippen LogP contribution in [0.25, 0.3) is 0 Å². The fourth-order valence-corrected chi connectivity index (χ4v) is 2.82. The van der Waals surface area contributed by atoms with E-state index in [1.807, 2.05) is 30.3 Å². The van der Waals surface area contributed by atoms with Crippen LogP contribution in [0.5, 0.6) is 0 Å². The molecule has 2 rings (SSSR count). The Labute approximate surface area is 154 Å². The smallest absolute Gasteiger partial charge is 0.410 e. The maximum absolute atomic E-state index is 15.2. The number of halogens is 1. The number of amides is 1. The SMILES string of the molecule is CC(C)(C)OC(=O)C1(F)CCCCN(C(=O)OCc2ccccc2)CC1. The number of carbonyl (C=O) groups excluding carboxylic acids is 2. The van der Waals surface area contributed by atoms with Crippen molar-refractivity contribution in [2.24, 2.45) is 0 Å². The predicted octanol–water partition coefficient (Wildman–Crippen LogP) is 4.25. The third-order valence-electron chi connectivity index (χ3n) is 4.26. The van der Waals surface area contributed by atoms with E-state index in [2.05, 4.69) is 0 Å². The van der Waals surface area contributed by atoms with Crippen molar-refractivity contribution in [3.8, 4) is 0 Å². The van der Waals surface area contributed by atoms with Crippen LogP contribution in [0.3, 0.4) is 0 Å². The number of rotatable bonds is 3. The van der Waals surface area contributed by atoms with Crippen molar-refractivity contribution >= 4 is 12.1 Å². The van der Waals surface area contributed by atoms with Crippen LogP contribution in [0.4, 0.5) is 9.18 Å². The van der Waals surface area contributed by atoms with Crippen molar-refractivity contribution < 1.29 is 23.5 Å². The number of nitrogens with zero attached hydrogens (tertiary/aromatic N) is 1. The van der Waals surface area contributed by atoms with Gasteiger partial charge in [-0.15, -0.1) is 0 Å². The highest BCUT2D eigenvalue weighted by Gasteiger charge is 2.43. The summed E-state index contributed by atoms with van der Waals surface area (Å²) < 4.78 is 25.7. The molecule has 1 fully saturated rings. The molecule has 5 nitrogen and oxygen atoms in total. The highest BCUT2D eigenvalue weighted by atomic mass is 19.1. The zero-order valence-corrected chi connectivity index (χ0v) is 15.8. The van der Waals surface area contributed by atoms with Gasteiger partial charge in [0.1, 0.15) is 12.2 Å². The molecule has 1 heterocycles. The molecule has 0 aliphatic carbocycles. The van der Waals surface area contributed by atoms with E-state index in [9.17, 15) is 9.59 Å². The van der Waals surface area contributed by atoms with E-state index in [-0.39, 0.29) is 26.0 Å². The Morgan fingerprint density at radius 2 is 1.81 bits per heavy atom. The Bertz CT molecular complexity index is 614. The predicted molar refractivity (Wildman–Crippen MR) is 96.4 cm³/mol. The number of hydrogen-bond donors (Lipinski definition) is 0. The zero-order valence-electron chi connectivity index (χ0n) is 15.8. The normalized spacial score (nSPS) is 21.5. The van der Waals surface area contributed by atoms with Gasteiger partial charge in [0.15, 0.2) is 0 Å². The highest BCUT2D eigenvalue weighted by molar-refractivity contribution is 5.80. The summed E-state index contributed by atoms with van der Waals surface area (Å²) in [7, 11) is 0. The van der Waals surface area contributed by atoms with Gasteiger partial charge in [-0.1, -0.05) is 30.3 Å². The number of likely N-dealkylation sites (tertiary alicyclic amines) is 1. The second kappa shape index (κ2) is 8.52. The number of carbonyl (C=O) groups is 2. The first-order valence-electron chi connectivity index (χ1n) is 9.08. The second-order valence-electron chi connectivity index (χ2n) is 7.70. The van der Waals surface area contributed by atoms with Gasteiger partial charge in [-0.3, -0.25) is 0 Å². The van der Waals surface area contributed by atoms with Crippen LogP contribution in [0.1, 0.15) is 52.0 Å². The molecule has 1 amide bonds. The minimum Gasteiger partial charge on any atom is -0.458 e. The van der Waals surface area contributed by atoms with E-state index in [4.69, 9.17) is 9.47 Å². The van der Waals surface area contributed by atoms with Gasteiger partial charge in [0.05, 0.1) is 0 Å². The third-order valence-corrected chi connectivity index (χ3v) is 4.26. The number of benzene rings is 1. The first-order valence-corrected chi connectivity index (χ1v) is 9.08. The molecule has 144 valence electrons. The van der Waals surface area contributed by atoms with Crippen LogP contribution in [-0.4, -0.2) is 41.3 Å². The van der Waals surface area contributed by atoms with E-state index < -0.39 is 23.3 Å². The molecule has 1 aliphatic heterocycles. The highest BCUT2D eigenvalue weighted by Crippen LogP contribution is 2.30. The van der Waals surface area contributed by atoms with Gasteiger partial charge in [0, 0.05) is 19.5 Å². The Balaban J connectivity index is 1.93. The Hall–Kier alpha value is -2.11. The van der Waals surface area contributed by atoms with Gasteiger partial charge in [0.2, 0.25) is 5.67 Å². The third kappa shape index (κ3) is 6.00. The van der Waals surface area contributed by atoms with Crippen molar-refractivity contribution in [3.63, 3.8) is 0 Å². The summed E-state index contributed by atoms with van der Waals surface area (Å²) in [5.74, 6) is -0.843. The van der Waals surface area contributed by atoms with Crippen LogP contribution in [0.15, 0.2) is 30.3 Å². The number of alkyl halides is 1. The van der Waals surface area contributed by atoms with Crippen LogP contribution >= 0.6 is 0 Å². The van der Waals surface area contributed by atoms with Crippen LogP contribution in [0, 0.1) is 0 Å². The lowest BCUT2D eigenvalue weighted by Gasteiger charge is -2.32. The molecule has 0 bridgehead atoms. The largest absolute Gasteiger partial charge is 0.458 e. The summed E-state index contributed by atoms with van der Waals surface area (Å²) in [6, 6.07) is 9.38. The molecule has 0 N–H and O–H groups in total. The van der Waals surface area contributed by atoms with E-state index in [1.54, 1.807) is 20.8 Å². The monoisotopic (exact) mass is 365 g/mol. The Morgan fingerprint density at radius 1 is 1.12 bits per heavy atom. The molecule has 0 radical (unpaired) electrons. The topological polar surface area (TPSA) is 55.8 Å². The average molecular weight is 365 g/mol. The molecule has 1 aromatic carbocycles. The fourth-order valence-electron chi connectivity index (χ4n) is 2.82. The van der Waals surface area contributed by atoms with Gasteiger partial charge in [-0.25, -0.2) is 14.0 Å². The zero-order chi connectivity index (χ0) is 19.2. The summed E-state index contributed by atoms with van der Waals surface area (Å²) in [6.07, 6.45) is 0.687. The lowest BCUT2D eigenvalue weighted by Crippen LogP contribution is -2.45. The molecular weight excluding hydrogens is 337 g/mol. The van der Waals surface area contributed by atoms with Gasteiger partial charge >= 0.3 is 12.1 Å². The molecule has 1 unspecified atom stereocenters. The van der Waals surface area contributed by atoms with Crippen molar-refractivity contribution in [1.82, 2.24) is 4.90 Å². The quantitative estimate of drug-likeness (QED) is 0.752. The number of ether oxygens (including phenoxy) is 2. The van der Waals surface area contributed by atoms with E-state index in [0.717, 1.165) is 5.56 Å². The Morgan fingerprint density at radius 3 is 2.46 bits per heavy atom. The first-order chi connectivity index (χ1) is 12.2. The minimum atomic E-state index is -2.06. The van der Waals surface area contributed by atoms with E-state index >= 15 is 4.39 Å². The molecule has 0 aromatic heterocycles. The molecule has 0 saturated carbocycles. The maximum Gasteiger partial charge on any atom is 0.410 e. The van der Waals surface area contributed by atoms with Crippen molar-refractivity contribution in [1.29, 1.82) is 0 Å². The molecule has 1 saturated heterocycles. The van der Waals surface area contributed by atoms with Crippen molar-refractivity contribution in [2.75, 3.05) is 13.1 Å². The van der Waals surface area contributed by atoms with Crippen LogP contribution < -0.4 is 0 Å². The maximum atomic E-state index is 15.2. The lowest BCUT2D eigenvalue weighted by molar-refractivity contribution is -0.171. The molecule has 0 spiro atoms. The van der Waals surface area contributed by atoms with Gasteiger partial charge in [-0.2, -0.15) is 0 Å². The molecule has 6 heteroatoms. The van der Waals surface area contributed by atoms with Gasteiger partial charge in [0.25, 0.3) is 0 Å². The van der Waals surface area contributed by atoms with Crippen LogP contribution in [-0.2, 0) is 20.9 Å². The molecule has 1 aromatic rings. The van der Waals surface area contributed by atoms with Crippen LogP contribution in [0.2, 0.25) is 0 Å². The van der Waals surface area contributed by atoms with Gasteiger partial charge in [-0.05, 0) is 45.6 Å². The molecule has 1 aliphatic rings. The van der Waals surface area contributed by atoms with E-state index in [0.29, 0.717) is 19.4 Å². The summed E-state index contributed by atoms with van der Waals surface area (Å²) in [5, 5.41) is 0. The summed E-state index contributed by atoms with van der Waals surface area (Å²) in [5.41, 5.74) is -1.92. The van der Waals surface area contributed by atoms with Crippen molar-refractivity contribution in [3.05, 3.63) is 35.9 Å². The lowest BCUT2D eigenvalue weighted by atomic mass is 9.92.